The fourth-order valence-electron chi connectivity index (χ4n) is 4.04. The van der Waals surface area contributed by atoms with Crippen LogP contribution in [0, 0.1) is 5.92 Å². The van der Waals surface area contributed by atoms with E-state index in [0.29, 0.717) is 17.5 Å². The summed E-state index contributed by atoms with van der Waals surface area (Å²) in [6.07, 6.45) is 3.43. The number of nitrogens with zero attached hydrogens (tertiary/aromatic N) is 4. The highest BCUT2D eigenvalue weighted by molar-refractivity contribution is 7.17. The van der Waals surface area contributed by atoms with E-state index in [1.54, 1.807) is 0 Å². The highest BCUT2D eigenvalue weighted by Gasteiger charge is 2.23. The number of hydrogen-bond acceptors (Lipinski definition) is 6. The summed E-state index contributed by atoms with van der Waals surface area (Å²) < 4.78 is 0. The molecule has 1 atom stereocenters. The number of Topliss-reactive ketones (excluding diaryl/α,β-unsaturated/α-hetero) is 1. The van der Waals surface area contributed by atoms with Gasteiger partial charge in [0.25, 0.3) is 0 Å². The topological polar surface area (TPSA) is 65.1 Å². The summed E-state index contributed by atoms with van der Waals surface area (Å²) >= 11 is 1.44. The van der Waals surface area contributed by atoms with E-state index in [9.17, 15) is 4.79 Å². The smallest absolute Gasteiger partial charge is 0.208 e. The van der Waals surface area contributed by atoms with Crippen molar-refractivity contribution in [3.8, 4) is 0 Å². The number of hydrogen-bond donors (Lipinski definition) is 1. The van der Waals surface area contributed by atoms with Gasteiger partial charge in [-0.3, -0.25) is 9.69 Å². The van der Waals surface area contributed by atoms with E-state index >= 15 is 0 Å². The summed E-state index contributed by atoms with van der Waals surface area (Å²) in [4.78, 5) is 20.8. The van der Waals surface area contributed by atoms with Crippen molar-refractivity contribution in [3.05, 3.63) is 41.0 Å². The number of carbonyl (C=O) groups excluding carboxylic acids is 1. The van der Waals surface area contributed by atoms with Crippen molar-refractivity contribution in [2.45, 2.75) is 39.7 Å². The lowest BCUT2D eigenvalue weighted by Crippen LogP contribution is -2.48. The first-order valence-corrected chi connectivity index (χ1v) is 11.2. The molecule has 0 bridgehead atoms. The maximum absolute atomic E-state index is 12.8. The third-order valence-corrected chi connectivity index (χ3v) is 6.77. The number of aromatic nitrogens is 3. The second kappa shape index (κ2) is 8.63. The van der Waals surface area contributed by atoms with Crippen LogP contribution in [-0.4, -0.2) is 58.1 Å². The van der Waals surface area contributed by atoms with Crippen molar-refractivity contribution in [3.63, 3.8) is 0 Å². The molecule has 1 aliphatic heterocycles. The van der Waals surface area contributed by atoms with Gasteiger partial charge < -0.3 is 9.88 Å². The summed E-state index contributed by atoms with van der Waals surface area (Å²) in [5.74, 6) is 0.352. The lowest BCUT2D eigenvalue weighted by atomic mass is 9.96. The number of anilines is 1. The van der Waals surface area contributed by atoms with Gasteiger partial charge in [-0.1, -0.05) is 36.5 Å². The Morgan fingerprint density at radius 1 is 1.14 bits per heavy atom. The lowest BCUT2D eigenvalue weighted by Gasteiger charge is -2.36. The van der Waals surface area contributed by atoms with Gasteiger partial charge in [0.1, 0.15) is 0 Å². The van der Waals surface area contributed by atoms with Gasteiger partial charge in [-0.2, -0.15) is 0 Å². The number of aromatic amines is 1. The van der Waals surface area contributed by atoms with E-state index in [-0.39, 0.29) is 11.7 Å². The predicted molar refractivity (Wildman–Crippen MR) is 119 cm³/mol. The van der Waals surface area contributed by atoms with E-state index in [1.165, 1.54) is 22.3 Å². The summed E-state index contributed by atoms with van der Waals surface area (Å²) in [6.45, 7) is 10.5. The highest BCUT2D eigenvalue weighted by Crippen LogP contribution is 2.26. The molecule has 4 rings (SSSR count). The van der Waals surface area contributed by atoms with Crippen LogP contribution in [0.4, 0.5) is 5.13 Å². The van der Waals surface area contributed by atoms with E-state index < -0.39 is 0 Å². The fourth-order valence-corrected chi connectivity index (χ4v) is 4.88. The van der Waals surface area contributed by atoms with Crippen LogP contribution in [0.3, 0.4) is 0 Å². The minimum atomic E-state index is 0.0990. The van der Waals surface area contributed by atoms with Crippen molar-refractivity contribution < 1.29 is 4.79 Å². The van der Waals surface area contributed by atoms with Crippen LogP contribution in [-0.2, 0) is 6.42 Å². The molecule has 1 aliphatic rings. The average Bonchev–Trinajstić information content (AvgIpc) is 3.36. The first kappa shape index (κ1) is 20.0. The average molecular weight is 412 g/mol. The van der Waals surface area contributed by atoms with Crippen molar-refractivity contribution >= 4 is 33.2 Å². The number of carbonyl (C=O) groups is 1. The Labute approximate surface area is 175 Å². The minimum absolute atomic E-state index is 0.0990. The van der Waals surface area contributed by atoms with Gasteiger partial charge in [0.15, 0.2) is 10.8 Å². The molecule has 2 aromatic heterocycles. The molecular weight excluding hydrogens is 382 g/mol. The molecule has 1 fully saturated rings. The van der Waals surface area contributed by atoms with Crippen LogP contribution in [0.15, 0.2) is 30.5 Å². The first-order chi connectivity index (χ1) is 14.0. The molecule has 0 amide bonds. The van der Waals surface area contributed by atoms with Gasteiger partial charge in [0, 0.05) is 55.7 Å². The molecule has 3 heterocycles. The SMILES string of the molecule is CC(CC(=O)c1nnc(N2CCN(C(C)C)CC2)s1)Cc1c[nH]c2ccccc12. The zero-order valence-corrected chi connectivity index (χ0v) is 18.2. The summed E-state index contributed by atoms with van der Waals surface area (Å²) in [5.41, 5.74) is 2.41. The van der Waals surface area contributed by atoms with Crippen molar-refractivity contribution in [2.75, 3.05) is 31.1 Å². The number of fused-ring (bicyclic) bond motifs is 1. The number of piperazine rings is 1. The second-order valence-corrected chi connectivity index (χ2v) is 9.26. The van der Waals surface area contributed by atoms with E-state index in [1.807, 2.05) is 6.07 Å². The Morgan fingerprint density at radius 3 is 2.66 bits per heavy atom. The number of rotatable bonds is 7. The summed E-state index contributed by atoms with van der Waals surface area (Å²) in [7, 11) is 0. The Balaban J connectivity index is 1.34. The van der Waals surface area contributed by atoms with E-state index in [0.717, 1.165) is 43.2 Å². The molecular formula is C22H29N5OS. The van der Waals surface area contributed by atoms with Gasteiger partial charge in [-0.25, -0.2) is 0 Å². The van der Waals surface area contributed by atoms with Gasteiger partial charge in [-0.05, 0) is 37.8 Å². The Bertz CT molecular complexity index is 970. The number of ketones is 1. The highest BCUT2D eigenvalue weighted by atomic mass is 32.1. The van der Waals surface area contributed by atoms with Crippen molar-refractivity contribution in [1.82, 2.24) is 20.1 Å². The van der Waals surface area contributed by atoms with Gasteiger partial charge in [0.2, 0.25) is 5.13 Å². The van der Waals surface area contributed by atoms with Gasteiger partial charge in [0.05, 0.1) is 0 Å². The summed E-state index contributed by atoms with van der Waals surface area (Å²) in [5, 5.41) is 11.2. The predicted octanol–water partition coefficient (Wildman–Crippen LogP) is 4.00. The number of benzene rings is 1. The molecule has 1 saturated heterocycles. The quantitative estimate of drug-likeness (QED) is 0.595. The normalized spacial score (nSPS) is 16.6. The number of H-pyrrole nitrogens is 1. The zero-order chi connectivity index (χ0) is 20.4. The second-order valence-electron chi connectivity index (χ2n) is 8.30. The van der Waals surface area contributed by atoms with E-state index in [4.69, 9.17) is 0 Å². The molecule has 1 N–H and O–H groups in total. The number of nitrogens with one attached hydrogen (secondary N) is 1. The monoisotopic (exact) mass is 411 g/mol. The molecule has 29 heavy (non-hydrogen) atoms. The standard InChI is InChI=1S/C22H29N5OS/c1-15(2)26-8-10-27(11-9-26)22-25-24-21(29-22)20(28)13-16(3)12-17-14-23-19-7-5-4-6-18(17)19/h4-7,14-16,23H,8-13H2,1-3H3. The molecule has 0 aliphatic carbocycles. The molecule has 0 saturated carbocycles. The Hall–Kier alpha value is -2.25. The fraction of sp³-hybridized carbons (Fsp3) is 0.500. The third-order valence-electron chi connectivity index (χ3n) is 5.75. The van der Waals surface area contributed by atoms with Crippen LogP contribution in [0.5, 0.6) is 0 Å². The molecule has 6 nitrogen and oxygen atoms in total. The molecule has 1 aromatic carbocycles. The maximum Gasteiger partial charge on any atom is 0.208 e. The van der Waals surface area contributed by atoms with Crippen molar-refractivity contribution in [1.29, 1.82) is 0 Å². The van der Waals surface area contributed by atoms with Gasteiger partial charge >= 0.3 is 0 Å². The molecule has 0 spiro atoms. The molecule has 1 unspecified atom stereocenters. The van der Waals surface area contributed by atoms with Crippen molar-refractivity contribution in [2.24, 2.45) is 5.92 Å². The molecule has 154 valence electrons. The Kier molecular flexibility index (Phi) is 5.96. The summed E-state index contributed by atoms with van der Waals surface area (Å²) in [6, 6.07) is 8.87. The third kappa shape index (κ3) is 4.51. The maximum atomic E-state index is 12.8. The lowest BCUT2D eigenvalue weighted by molar-refractivity contribution is 0.0963. The van der Waals surface area contributed by atoms with Crippen LogP contribution in [0.2, 0.25) is 0 Å². The zero-order valence-electron chi connectivity index (χ0n) is 17.4. The molecule has 3 aromatic rings. The van der Waals surface area contributed by atoms with Crippen LogP contribution < -0.4 is 4.90 Å². The van der Waals surface area contributed by atoms with Crippen LogP contribution in [0.25, 0.3) is 10.9 Å². The largest absolute Gasteiger partial charge is 0.361 e. The Morgan fingerprint density at radius 2 is 1.90 bits per heavy atom. The minimum Gasteiger partial charge on any atom is -0.361 e. The van der Waals surface area contributed by atoms with Crippen LogP contribution >= 0.6 is 11.3 Å². The first-order valence-electron chi connectivity index (χ1n) is 10.4. The van der Waals surface area contributed by atoms with Crippen LogP contribution in [0.1, 0.15) is 42.6 Å². The van der Waals surface area contributed by atoms with Gasteiger partial charge in [-0.15, -0.1) is 10.2 Å². The van der Waals surface area contributed by atoms with E-state index in [2.05, 4.69) is 70.1 Å². The molecule has 7 heteroatoms. The number of para-hydroxylation sites is 1. The molecule has 0 radical (unpaired) electrons.